The summed E-state index contributed by atoms with van der Waals surface area (Å²) in [6.45, 7) is 4.68. The second-order valence-electron chi connectivity index (χ2n) is 9.16. The molecule has 0 saturated heterocycles. The second-order valence-corrected chi connectivity index (χ2v) is 9.16. The number of fused-ring (bicyclic) bond motifs is 5. The molecule has 126 valence electrons. The van der Waals surface area contributed by atoms with Crippen LogP contribution in [0.3, 0.4) is 0 Å². The van der Waals surface area contributed by atoms with E-state index < -0.39 is 5.60 Å². The maximum atomic E-state index is 11.0. The molecular formula is C21H30O2. The minimum Gasteiger partial charge on any atom is -0.393 e. The molecule has 0 amide bonds. The van der Waals surface area contributed by atoms with E-state index >= 15 is 0 Å². The maximum Gasteiger partial charge on any atom is 0.130 e. The van der Waals surface area contributed by atoms with Gasteiger partial charge in [0.15, 0.2) is 0 Å². The molecule has 3 saturated carbocycles. The van der Waals surface area contributed by atoms with Crippen molar-refractivity contribution in [2.45, 2.75) is 76.9 Å². The molecule has 3 unspecified atom stereocenters. The fourth-order valence-corrected chi connectivity index (χ4v) is 6.89. The molecule has 3 fully saturated rings. The summed E-state index contributed by atoms with van der Waals surface area (Å²) >= 11 is 0. The molecule has 2 nitrogen and oxygen atoms in total. The Balaban J connectivity index is 1.69. The van der Waals surface area contributed by atoms with Crippen LogP contribution in [0.1, 0.15) is 65.2 Å². The SMILES string of the molecule is C#C[C@]1(O)CCC2C3CC=C4C[C@@H](O)CC[C@]4(C)C3CC[C@@]21C. The van der Waals surface area contributed by atoms with E-state index in [-0.39, 0.29) is 16.9 Å². The Bertz CT molecular complexity index is 587. The third-order valence-corrected chi connectivity index (χ3v) is 8.47. The standard InChI is InChI=1S/C21H30O2/c1-4-21(23)12-9-18-16-6-5-14-13-15(22)7-10-19(14,2)17(16)8-11-20(18,21)3/h1,5,15-18,22-23H,6-13H2,2-3H3/t15-,16?,17?,18?,19-,20-,21-/m0/s1. The first kappa shape index (κ1) is 15.7. The van der Waals surface area contributed by atoms with Crippen molar-refractivity contribution < 1.29 is 10.2 Å². The first-order valence-corrected chi connectivity index (χ1v) is 9.42. The second kappa shape index (κ2) is 4.87. The van der Waals surface area contributed by atoms with Gasteiger partial charge in [-0.05, 0) is 74.5 Å². The van der Waals surface area contributed by atoms with E-state index in [4.69, 9.17) is 6.42 Å². The topological polar surface area (TPSA) is 40.5 Å². The Morgan fingerprint density at radius 1 is 1.13 bits per heavy atom. The summed E-state index contributed by atoms with van der Waals surface area (Å²) in [6.07, 6.45) is 16.1. The van der Waals surface area contributed by atoms with Crippen LogP contribution in [0.15, 0.2) is 11.6 Å². The quantitative estimate of drug-likeness (QED) is 0.529. The normalized spacial score (nSPS) is 55.2. The highest BCUT2D eigenvalue weighted by atomic mass is 16.3. The molecule has 2 N–H and O–H groups in total. The van der Waals surface area contributed by atoms with Crippen LogP contribution in [0.5, 0.6) is 0 Å². The first-order chi connectivity index (χ1) is 10.8. The monoisotopic (exact) mass is 314 g/mol. The molecule has 0 radical (unpaired) electrons. The lowest BCUT2D eigenvalue weighted by molar-refractivity contribution is -0.0969. The van der Waals surface area contributed by atoms with Crippen LogP contribution in [0.2, 0.25) is 0 Å². The van der Waals surface area contributed by atoms with Crippen LogP contribution in [0.4, 0.5) is 0 Å². The molecule has 0 bridgehead atoms. The summed E-state index contributed by atoms with van der Waals surface area (Å²) in [7, 11) is 0. The molecule has 4 aliphatic carbocycles. The zero-order chi connectivity index (χ0) is 16.5. The van der Waals surface area contributed by atoms with Crippen molar-refractivity contribution in [2.24, 2.45) is 28.6 Å². The van der Waals surface area contributed by atoms with Crippen molar-refractivity contribution in [3.63, 3.8) is 0 Å². The van der Waals surface area contributed by atoms with Gasteiger partial charge in [0.05, 0.1) is 6.10 Å². The first-order valence-electron chi connectivity index (χ1n) is 9.42. The van der Waals surface area contributed by atoms with Crippen molar-refractivity contribution in [3.8, 4) is 12.3 Å². The number of allylic oxidation sites excluding steroid dienone is 1. The fraction of sp³-hybridized carbons (Fsp3) is 0.810. The minimum atomic E-state index is -0.906. The Morgan fingerprint density at radius 2 is 1.87 bits per heavy atom. The van der Waals surface area contributed by atoms with Gasteiger partial charge < -0.3 is 10.2 Å². The number of terminal acetylenes is 1. The van der Waals surface area contributed by atoms with Crippen LogP contribution < -0.4 is 0 Å². The lowest BCUT2D eigenvalue weighted by Crippen LogP contribution is -2.54. The number of hydrogen-bond donors (Lipinski definition) is 2. The summed E-state index contributed by atoms with van der Waals surface area (Å²) in [5, 5.41) is 21.0. The van der Waals surface area contributed by atoms with Gasteiger partial charge in [0.25, 0.3) is 0 Å². The molecule has 7 atom stereocenters. The van der Waals surface area contributed by atoms with Crippen LogP contribution in [0.25, 0.3) is 0 Å². The molecule has 0 heterocycles. The van der Waals surface area contributed by atoms with E-state index in [1.165, 1.54) is 12.0 Å². The van der Waals surface area contributed by atoms with Gasteiger partial charge in [0.2, 0.25) is 0 Å². The van der Waals surface area contributed by atoms with E-state index in [2.05, 4.69) is 25.8 Å². The molecule has 0 spiro atoms. The molecule has 4 rings (SSSR count). The van der Waals surface area contributed by atoms with Gasteiger partial charge >= 0.3 is 0 Å². The van der Waals surface area contributed by atoms with Gasteiger partial charge in [-0.2, -0.15) is 0 Å². The highest BCUT2D eigenvalue weighted by molar-refractivity contribution is 5.28. The average Bonchev–Trinajstić information content (AvgIpc) is 2.80. The fourth-order valence-electron chi connectivity index (χ4n) is 6.89. The summed E-state index contributed by atoms with van der Waals surface area (Å²) in [5.41, 5.74) is 0.751. The Kier molecular flexibility index (Phi) is 3.33. The Hall–Kier alpha value is -0.780. The van der Waals surface area contributed by atoms with Crippen molar-refractivity contribution >= 4 is 0 Å². The lowest BCUT2D eigenvalue weighted by atomic mass is 9.47. The molecular weight excluding hydrogens is 284 g/mol. The zero-order valence-corrected chi connectivity index (χ0v) is 14.5. The van der Waals surface area contributed by atoms with Crippen LogP contribution >= 0.6 is 0 Å². The molecule has 0 aromatic carbocycles. The van der Waals surface area contributed by atoms with Gasteiger partial charge in [0.1, 0.15) is 5.60 Å². The highest BCUT2D eigenvalue weighted by Crippen LogP contribution is 2.66. The van der Waals surface area contributed by atoms with Crippen molar-refractivity contribution in [1.29, 1.82) is 0 Å². The van der Waals surface area contributed by atoms with E-state index in [0.717, 1.165) is 44.9 Å². The van der Waals surface area contributed by atoms with Crippen LogP contribution in [-0.4, -0.2) is 21.9 Å². The number of aliphatic hydroxyl groups excluding tert-OH is 1. The van der Waals surface area contributed by atoms with Gasteiger partial charge in [-0.1, -0.05) is 31.4 Å². The molecule has 0 aromatic heterocycles. The van der Waals surface area contributed by atoms with Gasteiger partial charge in [-0.3, -0.25) is 0 Å². The number of aliphatic hydroxyl groups is 2. The van der Waals surface area contributed by atoms with E-state index in [0.29, 0.717) is 17.8 Å². The predicted octanol–water partition coefficient (Wildman–Crippen LogP) is 3.67. The summed E-state index contributed by atoms with van der Waals surface area (Å²) in [4.78, 5) is 0. The van der Waals surface area contributed by atoms with Gasteiger partial charge in [0, 0.05) is 5.41 Å². The molecule has 23 heavy (non-hydrogen) atoms. The minimum absolute atomic E-state index is 0.112. The van der Waals surface area contributed by atoms with Crippen molar-refractivity contribution in [1.82, 2.24) is 0 Å². The number of hydrogen-bond acceptors (Lipinski definition) is 2. The average molecular weight is 314 g/mol. The largest absolute Gasteiger partial charge is 0.393 e. The predicted molar refractivity (Wildman–Crippen MR) is 91.5 cm³/mol. The molecule has 0 aromatic rings. The molecule has 0 aliphatic heterocycles. The van der Waals surface area contributed by atoms with Crippen molar-refractivity contribution in [2.75, 3.05) is 0 Å². The Morgan fingerprint density at radius 3 is 2.61 bits per heavy atom. The summed E-state index contributed by atoms with van der Waals surface area (Å²) in [6, 6.07) is 0. The van der Waals surface area contributed by atoms with E-state index in [9.17, 15) is 10.2 Å². The van der Waals surface area contributed by atoms with Crippen LogP contribution in [0, 0.1) is 40.9 Å². The van der Waals surface area contributed by atoms with Gasteiger partial charge in [-0.25, -0.2) is 0 Å². The lowest BCUT2D eigenvalue weighted by Gasteiger charge is -2.58. The van der Waals surface area contributed by atoms with Gasteiger partial charge in [-0.15, -0.1) is 6.42 Å². The Labute approximate surface area is 140 Å². The van der Waals surface area contributed by atoms with E-state index in [1.807, 2.05) is 0 Å². The molecule has 4 aliphatic rings. The summed E-state index contributed by atoms with van der Waals surface area (Å²) < 4.78 is 0. The number of rotatable bonds is 0. The summed E-state index contributed by atoms with van der Waals surface area (Å²) in [5.74, 6) is 4.65. The third kappa shape index (κ3) is 1.90. The molecule has 2 heteroatoms. The van der Waals surface area contributed by atoms with Crippen LogP contribution in [-0.2, 0) is 0 Å². The van der Waals surface area contributed by atoms with E-state index in [1.54, 1.807) is 0 Å². The third-order valence-electron chi connectivity index (χ3n) is 8.47. The zero-order valence-electron chi connectivity index (χ0n) is 14.5. The van der Waals surface area contributed by atoms with Crippen molar-refractivity contribution in [3.05, 3.63) is 11.6 Å². The maximum absolute atomic E-state index is 11.0. The smallest absolute Gasteiger partial charge is 0.130 e. The highest BCUT2D eigenvalue weighted by Gasteiger charge is 2.63.